The van der Waals surface area contributed by atoms with E-state index in [1.54, 1.807) is 0 Å². The molecule has 13 rings (SSSR count). The van der Waals surface area contributed by atoms with Crippen molar-refractivity contribution in [1.82, 2.24) is 9.13 Å². The minimum absolute atomic E-state index is 1.16. The molecule has 2 nitrogen and oxygen atoms in total. The van der Waals surface area contributed by atoms with Gasteiger partial charge in [-0.1, -0.05) is 200 Å². The molecule has 3 heterocycles. The first kappa shape index (κ1) is 37.0. The van der Waals surface area contributed by atoms with Gasteiger partial charge in [0.25, 0.3) is 0 Å². The number of benzene rings is 10. The molecule has 300 valence electrons. The van der Waals surface area contributed by atoms with Gasteiger partial charge in [-0.25, -0.2) is 0 Å². The highest BCUT2D eigenvalue weighted by Gasteiger charge is 2.48. The largest absolute Gasteiger partial charge is 0.309 e. The van der Waals surface area contributed by atoms with Crippen molar-refractivity contribution in [3.8, 4) is 33.6 Å². The average Bonchev–Trinajstić information content (AvgIpc) is 3.89. The highest BCUT2D eigenvalue weighted by molar-refractivity contribution is 8.00. The fourth-order valence-corrected chi connectivity index (χ4v) is 17.9. The maximum absolute atomic E-state index is 3.08. The summed E-state index contributed by atoms with van der Waals surface area (Å²) in [5, 5.41) is 10.7. The standard InChI is InChI=1S/C60H40N2SSi/c1-2-17-41(18-3-1)43-19-16-20-46(39-43)64(58-31-14-12-29-55(58)62-53-27-10-6-23-49(53)50-24-7-11-28-54(50)62)59-32-15-13-30-56(59)63-57-40-44(35-38-60(57)64)42-33-36-45(37-34-42)61-51-25-8-4-21-47(51)48-22-5-9-26-52(48)61/h1-40H. The van der Waals surface area contributed by atoms with Gasteiger partial charge in [0.1, 0.15) is 0 Å². The Labute approximate surface area is 377 Å². The van der Waals surface area contributed by atoms with Crippen LogP contribution < -0.4 is 20.7 Å². The van der Waals surface area contributed by atoms with Gasteiger partial charge in [-0.15, -0.1) is 0 Å². The number of para-hydroxylation sites is 5. The van der Waals surface area contributed by atoms with Crippen molar-refractivity contribution in [2.45, 2.75) is 9.79 Å². The molecule has 0 spiro atoms. The molecular formula is C60H40N2SSi. The third-order valence-corrected chi connectivity index (χ3v) is 19.9. The van der Waals surface area contributed by atoms with Gasteiger partial charge in [-0.2, -0.15) is 0 Å². The summed E-state index contributed by atoms with van der Waals surface area (Å²) in [6, 6.07) is 90.6. The summed E-state index contributed by atoms with van der Waals surface area (Å²) in [7, 11) is -3.08. The maximum Gasteiger partial charge on any atom is 0.184 e. The molecule has 0 aliphatic carbocycles. The molecule has 2 aromatic heterocycles. The van der Waals surface area contributed by atoms with E-state index >= 15 is 0 Å². The molecule has 0 radical (unpaired) electrons. The molecule has 0 N–H and O–H groups in total. The number of hydrogen-bond acceptors (Lipinski definition) is 1. The monoisotopic (exact) mass is 848 g/mol. The minimum Gasteiger partial charge on any atom is -0.309 e. The number of fused-ring (bicyclic) bond motifs is 8. The molecule has 1 atom stereocenters. The summed E-state index contributed by atoms with van der Waals surface area (Å²) >= 11 is 1.92. The molecule has 12 aromatic rings. The van der Waals surface area contributed by atoms with Crippen LogP contribution in [0.25, 0.3) is 77.2 Å². The van der Waals surface area contributed by atoms with Crippen molar-refractivity contribution < 1.29 is 0 Å². The van der Waals surface area contributed by atoms with E-state index in [9.17, 15) is 0 Å². The molecule has 1 unspecified atom stereocenters. The van der Waals surface area contributed by atoms with E-state index in [1.807, 2.05) is 11.8 Å². The predicted octanol–water partition coefficient (Wildman–Crippen LogP) is 13.1. The van der Waals surface area contributed by atoms with Crippen LogP contribution in [0.15, 0.2) is 252 Å². The Balaban J connectivity index is 1.05. The van der Waals surface area contributed by atoms with Crippen LogP contribution in [-0.4, -0.2) is 17.2 Å². The van der Waals surface area contributed by atoms with Gasteiger partial charge in [0.05, 0.1) is 22.1 Å². The van der Waals surface area contributed by atoms with E-state index < -0.39 is 8.07 Å². The second kappa shape index (κ2) is 14.7. The van der Waals surface area contributed by atoms with Crippen LogP contribution >= 0.6 is 11.8 Å². The molecule has 0 saturated carbocycles. The Kier molecular flexibility index (Phi) is 8.51. The van der Waals surface area contributed by atoms with Gasteiger partial charge >= 0.3 is 0 Å². The first-order chi connectivity index (χ1) is 31.8. The van der Waals surface area contributed by atoms with Gasteiger partial charge in [-0.3, -0.25) is 0 Å². The lowest BCUT2D eigenvalue weighted by Crippen LogP contribution is -2.77. The van der Waals surface area contributed by atoms with E-state index in [2.05, 4.69) is 252 Å². The van der Waals surface area contributed by atoms with E-state index in [-0.39, 0.29) is 0 Å². The highest BCUT2D eigenvalue weighted by Crippen LogP contribution is 2.39. The van der Waals surface area contributed by atoms with Crippen LogP contribution in [0.3, 0.4) is 0 Å². The molecule has 0 fully saturated rings. The van der Waals surface area contributed by atoms with E-state index in [4.69, 9.17) is 0 Å². The summed E-state index contributed by atoms with van der Waals surface area (Å²) < 4.78 is 4.93. The zero-order valence-electron chi connectivity index (χ0n) is 34.9. The Morgan fingerprint density at radius 1 is 0.297 bits per heavy atom. The van der Waals surface area contributed by atoms with Crippen LogP contribution in [0.5, 0.6) is 0 Å². The second-order valence-electron chi connectivity index (χ2n) is 16.8. The van der Waals surface area contributed by atoms with Crippen LogP contribution in [0, 0.1) is 0 Å². The predicted molar refractivity (Wildman–Crippen MR) is 274 cm³/mol. The SMILES string of the molecule is c1ccc(-c2cccc([Si]3(c4ccccc4-n4c5ccccc5c5ccccc54)c4ccccc4Sc4cc(-c5ccc(-n6c7ccccc7c7ccccc76)cc5)ccc43)c2)cc1. The maximum atomic E-state index is 2.53. The van der Waals surface area contributed by atoms with Crippen molar-refractivity contribution in [1.29, 1.82) is 0 Å². The molecule has 64 heavy (non-hydrogen) atoms. The Morgan fingerprint density at radius 3 is 1.42 bits per heavy atom. The van der Waals surface area contributed by atoms with Gasteiger partial charge in [0.15, 0.2) is 8.07 Å². The van der Waals surface area contributed by atoms with Gasteiger partial charge in [0.2, 0.25) is 0 Å². The highest BCUT2D eigenvalue weighted by atomic mass is 32.2. The number of hydrogen-bond donors (Lipinski definition) is 0. The van der Waals surface area contributed by atoms with E-state index in [1.165, 1.54) is 102 Å². The Morgan fingerprint density at radius 2 is 0.766 bits per heavy atom. The number of nitrogens with zero attached hydrogens (tertiary/aromatic N) is 2. The van der Waals surface area contributed by atoms with E-state index in [0.29, 0.717) is 0 Å². The van der Waals surface area contributed by atoms with Crippen molar-refractivity contribution in [3.63, 3.8) is 0 Å². The number of aromatic nitrogens is 2. The van der Waals surface area contributed by atoms with E-state index in [0.717, 1.165) is 5.69 Å². The molecule has 4 heteroatoms. The summed E-state index contributed by atoms with van der Waals surface area (Å²) in [6.45, 7) is 0. The zero-order chi connectivity index (χ0) is 42.2. The summed E-state index contributed by atoms with van der Waals surface area (Å²) in [6.07, 6.45) is 0. The molecule has 10 aromatic carbocycles. The van der Waals surface area contributed by atoms with Crippen LogP contribution in [0.1, 0.15) is 0 Å². The lowest BCUT2D eigenvalue weighted by Gasteiger charge is -2.41. The first-order valence-corrected chi connectivity index (χ1v) is 24.8. The van der Waals surface area contributed by atoms with Crippen LogP contribution in [-0.2, 0) is 0 Å². The molecule has 1 aliphatic rings. The lowest BCUT2D eigenvalue weighted by atomic mass is 10.1. The van der Waals surface area contributed by atoms with Gasteiger partial charge in [0, 0.05) is 42.7 Å². The van der Waals surface area contributed by atoms with Crippen molar-refractivity contribution in [3.05, 3.63) is 243 Å². The van der Waals surface area contributed by atoms with Crippen molar-refractivity contribution in [2.24, 2.45) is 0 Å². The normalized spacial score (nSPS) is 14.6. The number of rotatable bonds is 6. The summed E-state index contributed by atoms with van der Waals surface area (Å²) in [4.78, 5) is 2.64. The fourth-order valence-electron chi connectivity index (χ4n) is 10.7. The van der Waals surface area contributed by atoms with Gasteiger partial charge < -0.3 is 9.13 Å². The van der Waals surface area contributed by atoms with Gasteiger partial charge in [-0.05, 0) is 97.6 Å². The fraction of sp³-hybridized carbons (Fsp3) is 0. The van der Waals surface area contributed by atoms with Crippen LogP contribution in [0.4, 0.5) is 0 Å². The summed E-state index contributed by atoms with van der Waals surface area (Å²) in [5.74, 6) is 0. The molecule has 0 bridgehead atoms. The smallest absolute Gasteiger partial charge is 0.184 e. The Bertz CT molecular complexity index is 3660. The summed E-state index contributed by atoms with van der Waals surface area (Å²) in [5.41, 5.74) is 12.2. The molecular weight excluding hydrogens is 809 g/mol. The van der Waals surface area contributed by atoms with Crippen molar-refractivity contribution in [2.75, 3.05) is 0 Å². The van der Waals surface area contributed by atoms with Crippen molar-refractivity contribution >= 4 is 84.2 Å². The third kappa shape index (κ3) is 5.53. The second-order valence-corrected chi connectivity index (χ2v) is 21.6. The molecule has 1 aliphatic heterocycles. The molecule has 0 amide bonds. The third-order valence-electron chi connectivity index (χ3n) is 13.5. The lowest BCUT2D eigenvalue weighted by molar-refractivity contribution is 1.18. The Hall–Kier alpha value is -7.63. The molecule has 0 saturated heterocycles. The average molecular weight is 849 g/mol. The first-order valence-electron chi connectivity index (χ1n) is 22.0. The zero-order valence-corrected chi connectivity index (χ0v) is 36.7. The quantitative estimate of drug-likeness (QED) is 0.152. The topological polar surface area (TPSA) is 9.86 Å². The van der Waals surface area contributed by atoms with Crippen LogP contribution in [0.2, 0.25) is 0 Å². The minimum atomic E-state index is -3.08.